The van der Waals surface area contributed by atoms with Crippen LogP contribution in [0.2, 0.25) is 0 Å². The van der Waals surface area contributed by atoms with Crippen LogP contribution < -0.4 is 16.0 Å². The number of ketones is 1. The van der Waals surface area contributed by atoms with Crippen LogP contribution in [0.1, 0.15) is 64.2 Å². The highest BCUT2D eigenvalue weighted by molar-refractivity contribution is 7.20. The Balaban J connectivity index is 1.85. The van der Waals surface area contributed by atoms with E-state index in [1.165, 1.54) is 11.3 Å². The minimum atomic E-state index is -0.972. The molecular formula is C25H34N4O5S. The minimum Gasteiger partial charge on any atom is -0.444 e. The lowest BCUT2D eigenvalue weighted by Crippen LogP contribution is -2.57. The molecule has 190 valence electrons. The first-order valence-corrected chi connectivity index (χ1v) is 12.5. The molecule has 1 aromatic heterocycles. The third-order valence-corrected chi connectivity index (χ3v) is 6.66. The van der Waals surface area contributed by atoms with E-state index in [-0.39, 0.29) is 23.1 Å². The summed E-state index contributed by atoms with van der Waals surface area (Å²) in [6.07, 6.45) is 0.00380. The van der Waals surface area contributed by atoms with Crippen molar-refractivity contribution < 1.29 is 23.9 Å². The molecule has 3 N–H and O–H groups in total. The fraction of sp³-hybridized carbons (Fsp3) is 0.560. The number of aromatic nitrogens is 1. The maximum absolute atomic E-state index is 13.5. The summed E-state index contributed by atoms with van der Waals surface area (Å²) in [7, 11) is 0. The molecule has 1 aliphatic rings. The number of rotatable bonds is 7. The Hall–Kier alpha value is -3.01. The van der Waals surface area contributed by atoms with Gasteiger partial charge in [-0.15, -0.1) is 11.3 Å². The van der Waals surface area contributed by atoms with Crippen LogP contribution >= 0.6 is 11.3 Å². The molecule has 10 heteroatoms. The summed E-state index contributed by atoms with van der Waals surface area (Å²) in [6.45, 7) is 11.2. The highest BCUT2D eigenvalue weighted by Crippen LogP contribution is 2.26. The first-order chi connectivity index (χ1) is 16.2. The van der Waals surface area contributed by atoms with Gasteiger partial charge < -0.3 is 20.7 Å². The standard InChI is InChI=1S/C25H34N4O5S/c1-24(2,3)19(29-23(33)34-25(4,5)6)21(32)27-16(13-14-11-12-26-20(14)31)18(30)22-28-15-9-7-8-10-17(15)35-22/h7-10,14,16,19H,11-13H2,1-6H3,(H,26,31)(H,27,32)(H,29,33)/t14-,16-,19+/m0/s1. The second kappa shape index (κ2) is 10.3. The number of hydrogen-bond acceptors (Lipinski definition) is 7. The quantitative estimate of drug-likeness (QED) is 0.498. The number of para-hydroxylation sites is 1. The molecule has 0 unspecified atom stereocenters. The van der Waals surface area contributed by atoms with Gasteiger partial charge in [-0.25, -0.2) is 9.78 Å². The molecule has 1 saturated heterocycles. The van der Waals surface area contributed by atoms with Gasteiger partial charge >= 0.3 is 6.09 Å². The summed E-state index contributed by atoms with van der Waals surface area (Å²) < 4.78 is 6.19. The van der Waals surface area contributed by atoms with E-state index >= 15 is 0 Å². The van der Waals surface area contributed by atoms with E-state index in [0.717, 1.165) is 4.70 Å². The molecule has 1 aromatic carbocycles. The maximum atomic E-state index is 13.5. The Morgan fingerprint density at radius 3 is 2.40 bits per heavy atom. The zero-order valence-electron chi connectivity index (χ0n) is 21.1. The Morgan fingerprint density at radius 1 is 1.14 bits per heavy atom. The molecule has 9 nitrogen and oxygen atoms in total. The van der Waals surface area contributed by atoms with Crippen molar-refractivity contribution in [3.8, 4) is 0 Å². The van der Waals surface area contributed by atoms with Gasteiger partial charge in [-0.05, 0) is 51.2 Å². The lowest BCUT2D eigenvalue weighted by atomic mass is 9.85. The Morgan fingerprint density at radius 2 is 1.83 bits per heavy atom. The molecule has 0 spiro atoms. The second-order valence-corrected chi connectivity index (χ2v) is 11.9. The average molecular weight is 503 g/mol. The van der Waals surface area contributed by atoms with Gasteiger partial charge in [0.2, 0.25) is 17.6 Å². The number of thiazole rings is 1. The van der Waals surface area contributed by atoms with E-state index in [4.69, 9.17) is 4.74 Å². The molecular weight excluding hydrogens is 468 g/mol. The molecule has 0 radical (unpaired) electrons. The number of fused-ring (bicyclic) bond motifs is 1. The molecule has 3 amide bonds. The highest BCUT2D eigenvalue weighted by atomic mass is 32.1. The number of alkyl carbamates (subject to hydrolysis) is 1. The predicted molar refractivity (Wildman–Crippen MR) is 134 cm³/mol. The molecule has 3 atom stereocenters. The number of benzene rings is 1. The third-order valence-electron chi connectivity index (χ3n) is 5.61. The van der Waals surface area contributed by atoms with E-state index in [1.54, 1.807) is 20.8 Å². The smallest absolute Gasteiger partial charge is 0.408 e. The number of nitrogens with zero attached hydrogens (tertiary/aromatic N) is 1. The number of carbonyl (C=O) groups is 4. The maximum Gasteiger partial charge on any atom is 0.408 e. The van der Waals surface area contributed by atoms with Crippen molar-refractivity contribution >= 4 is 45.2 Å². The summed E-state index contributed by atoms with van der Waals surface area (Å²) >= 11 is 1.25. The summed E-state index contributed by atoms with van der Waals surface area (Å²) in [5, 5.41) is 8.49. The van der Waals surface area contributed by atoms with Crippen molar-refractivity contribution in [1.82, 2.24) is 20.9 Å². The summed E-state index contributed by atoms with van der Waals surface area (Å²) in [6, 6.07) is 5.47. The van der Waals surface area contributed by atoms with Gasteiger partial charge in [-0.1, -0.05) is 32.9 Å². The summed E-state index contributed by atoms with van der Waals surface area (Å²) in [4.78, 5) is 56.1. The molecule has 1 fully saturated rings. The van der Waals surface area contributed by atoms with E-state index in [2.05, 4.69) is 20.9 Å². The van der Waals surface area contributed by atoms with Crippen molar-refractivity contribution in [2.75, 3.05) is 6.54 Å². The second-order valence-electron chi connectivity index (χ2n) is 10.9. The Bertz CT molecular complexity index is 1080. The number of ether oxygens (including phenoxy) is 1. The van der Waals surface area contributed by atoms with Crippen LogP contribution in [0.15, 0.2) is 24.3 Å². The van der Waals surface area contributed by atoms with Crippen molar-refractivity contribution in [3.63, 3.8) is 0 Å². The van der Waals surface area contributed by atoms with Crippen LogP contribution in [0.4, 0.5) is 4.79 Å². The number of hydrogen-bond donors (Lipinski definition) is 3. The summed E-state index contributed by atoms with van der Waals surface area (Å²) in [5.41, 5.74) is -0.706. The van der Waals surface area contributed by atoms with Gasteiger partial charge in [-0.3, -0.25) is 14.4 Å². The zero-order valence-corrected chi connectivity index (χ0v) is 21.9. The van der Waals surface area contributed by atoms with Gasteiger partial charge in [0, 0.05) is 12.5 Å². The Kier molecular flexibility index (Phi) is 7.83. The molecule has 1 aliphatic heterocycles. The van der Waals surface area contributed by atoms with E-state index in [9.17, 15) is 19.2 Å². The van der Waals surface area contributed by atoms with E-state index in [0.29, 0.717) is 18.5 Å². The first-order valence-electron chi connectivity index (χ1n) is 11.7. The molecule has 0 saturated carbocycles. The van der Waals surface area contributed by atoms with Gasteiger partial charge in [-0.2, -0.15) is 0 Å². The largest absolute Gasteiger partial charge is 0.444 e. The van der Waals surface area contributed by atoms with Crippen LogP contribution in [0.25, 0.3) is 10.2 Å². The van der Waals surface area contributed by atoms with Crippen LogP contribution in [0, 0.1) is 11.3 Å². The van der Waals surface area contributed by atoms with Crippen molar-refractivity contribution in [3.05, 3.63) is 29.3 Å². The molecule has 35 heavy (non-hydrogen) atoms. The van der Waals surface area contributed by atoms with Crippen LogP contribution in [0.3, 0.4) is 0 Å². The van der Waals surface area contributed by atoms with E-state index < -0.39 is 41.0 Å². The normalized spacial score (nSPS) is 18.0. The third kappa shape index (κ3) is 7.00. The fourth-order valence-corrected chi connectivity index (χ4v) is 4.83. The fourth-order valence-electron chi connectivity index (χ4n) is 3.87. The van der Waals surface area contributed by atoms with E-state index in [1.807, 2.05) is 45.0 Å². The van der Waals surface area contributed by atoms with Crippen LogP contribution in [-0.4, -0.2) is 52.9 Å². The van der Waals surface area contributed by atoms with Gasteiger partial charge in [0.25, 0.3) is 0 Å². The Labute approximate surface area is 209 Å². The van der Waals surface area contributed by atoms with Gasteiger partial charge in [0.15, 0.2) is 5.01 Å². The summed E-state index contributed by atoms with van der Waals surface area (Å²) in [5.74, 6) is -1.42. The average Bonchev–Trinajstić information content (AvgIpc) is 3.34. The number of Topliss-reactive ketones (excluding diaryl/α,β-unsaturated/α-hetero) is 1. The lowest BCUT2D eigenvalue weighted by Gasteiger charge is -2.32. The molecule has 3 rings (SSSR count). The SMILES string of the molecule is CC(C)(C)OC(=O)N[C@H](C(=O)N[C@@H](C[C@@H]1CCNC1=O)C(=O)c1nc2ccccc2s1)C(C)(C)C. The molecule has 0 bridgehead atoms. The minimum absolute atomic E-state index is 0.138. The zero-order chi connectivity index (χ0) is 26.0. The van der Waals surface area contributed by atoms with Crippen molar-refractivity contribution in [1.29, 1.82) is 0 Å². The molecule has 2 heterocycles. The van der Waals surface area contributed by atoms with Crippen molar-refractivity contribution in [2.45, 2.75) is 72.1 Å². The molecule has 2 aromatic rings. The highest BCUT2D eigenvalue weighted by Gasteiger charge is 2.38. The number of nitrogens with one attached hydrogen (secondary N) is 3. The van der Waals surface area contributed by atoms with Crippen LogP contribution in [-0.2, 0) is 14.3 Å². The number of carbonyl (C=O) groups excluding carboxylic acids is 4. The van der Waals surface area contributed by atoms with Gasteiger partial charge in [0.05, 0.1) is 16.3 Å². The topological polar surface area (TPSA) is 126 Å². The monoisotopic (exact) mass is 502 g/mol. The molecule has 0 aliphatic carbocycles. The van der Waals surface area contributed by atoms with Crippen molar-refractivity contribution in [2.24, 2.45) is 11.3 Å². The van der Waals surface area contributed by atoms with Gasteiger partial charge in [0.1, 0.15) is 11.6 Å². The lowest BCUT2D eigenvalue weighted by molar-refractivity contribution is -0.127. The first kappa shape index (κ1) is 26.6. The van der Waals surface area contributed by atoms with Crippen LogP contribution in [0.5, 0.6) is 0 Å². The predicted octanol–water partition coefficient (Wildman–Crippen LogP) is 3.43. The number of amides is 3.